The van der Waals surface area contributed by atoms with Crippen molar-refractivity contribution in [3.63, 3.8) is 0 Å². The number of halogens is 1. The van der Waals surface area contributed by atoms with Crippen LogP contribution in [0.4, 0.5) is 9.18 Å². The highest BCUT2D eigenvalue weighted by Crippen LogP contribution is 2.33. The Morgan fingerprint density at radius 2 is 2.06 bits per heavy atom. The summed E-state index contributed by atoms with van der Waals surface area (Å²) in [6.45, 7) is 6.16. The lowest BCUT2D eigenvalue weighted by atomic mass is 9.86. The van der Waals surface area contributed by atoms with Crippen molar-refractivity contribution in [1.82, 2.24) is 4.90 Å². The summed E-state index contributed by atoms with van der Waals surface area (Å²) >= 11 is 0. The lowest BCUT2D eigenvalue weighted by Crippen LogP contribution is -2.49. The molecule has 18 heavy (non-hydrogen) atoms. The number of hydrogen-bond donors (Lipinski definition) is 1. The van der Waals surface area contributed by atoms with Gasteiger partial charge in [-0.15, -0.1) is 0 Å². The number of ether oxygens (including phenoxy) is 1. The monoisotopic (exact) mass is 259 g/mol. The van der Waals surface area contributed by atoms with Crippen LogP contribution in [0.2, 0.25) is 0 Å². The Kier molecular flexibility index (Phi) is 3.69. The number of nitrogens with zero attached hydrogens (tertiary/aromatic N) is 1. The molecule has 1 atom stereocenters. The molecule has 0 aromatic carbocycles. The van der Waals surface area contributed by atoms with Gasteiger partial charge in [0, 0.05) is 13.1 Å². The van der Waals surface area contributed by atoms with Crippen molar-refractivity contribution in [2.24, 2.45) is 5.41 Å². The first-order valence-electron chi connectivity index (χ1n) is 5.64. The maximum atomic E-state index is 13.6. The van der Waals surface area contributed by atoms with E-state index in [1.807, 2.05) is 0 Å². The smallest absolute Gasteiger partial charge is 0.410 e. The molecule has 1 aliphatic rings. The molecule has 0 aromatic heterocycles. The fourth-order valence-corrected chi connectivity index (χ4v) is 1.57. The lowest BCUT2D eigenvalue weighted by Gasteiger charge is -2.35. The number of amides is 1. The largest absolute Gasteiger partial charge is 0.480 e. The molecule has 0 saturated carbocycles. The third-order valence-electron chi connectivity index (χ3n) is 2.65. The van der Waals surface area contributed by atoms with Gasteiger partial charge < -0.3 is 14.7 Å². The Labute approximate surface area is 105 Å². The molecule has 1 heterocycles. The topological polar surface area (TPSA) is 66.8 Å². The molecule has 6 heteroatoms. The molecular formula is C12H18FNO4. The highest BCUT2D eigenvalue weighted by atomic mass is 19.1. The van der Waals surface area contributed by atoms with Crippen molar-refractivity contribution in [3.8, 4) is 0 Å². The van der Waals surface area contributed by atoms with E-state index in [2.05, 4.69) is 0 Å². The van der Waals surface area contributed by atoms with Crippen molar-refractivity contribution >= 4 is 12.1 Å². The van der Waals surface area contributed by atoms with Gasteiger partial charge in [0.25, 0.3) is 0 Å². The number of aliphatic carboxylic acids is 1. The van der Waals surface area contributed by atoms with E-state index in [4.69, 9.17) is 9.84 Å². The molecule has 0 aliphatic carbocycles. The van der Waals surface area contributed by atoms with Gasteiger partial charge in [0.15, 0.2) is 0 Å². The molecule has 1 aliphatic heterocycles. The molecule has 0 bridgehead atoms. The zero-order valence-corrected chi connectivity index (χ0v) is 11.0. The maximum absolute atomic E-state index is 13.6. The number of hydrogen-bond acceptors (Lipinski definition) is 3. The van der Waals surface area contributed by atoms with E-state index in [0.29, 0.717) is 0 Å². The fraction of sp³-hybridized carbons (Fsp3) is 0.667. The first-order chi connectivity index (χ1) is 8.06. The van der Waals surface area contributed by atoms with Gasteiger partial charge in [-0.3, -0.25) is 4.79 Å². The fourth-order valence-electron chi connectivity index (χ4n) is 1.57. The Morgan fingerprint density at radius 3 is 2.50 bits per heavy atom. The Hall–Kier alpha value is -1.59. The summed E-state index contributed by atoms with van der Waals surface area (Å²) < 4.78 is 18.7. The minimum absolute atomic E-state index is 0.0175. The Bertz CT molecular complexity index is 399. The van der Waals surface area contributed by atoms with Gasteiger partial charge in [-0.1, -0.05) is 0 Å². The van der Waals surface area contributed by atoms with Crippen LogP contribution in [0.3, 0.4) is 0 Å². The van der Waals surface area contributed by atoms with Gasteiger partial charge in [-0.05, 0) is 33.8 Å². The van der Waals surface area contributed by atoms with Gasteiger partial charge in [-0.25, -0.2) is 9.18 Å². The minimum atomic E-state index is -1.70. The van der Waals surface area contributed by atoms with Gasteiger partial charge in [-0.2, -0.15) is 0 Å². The molecule has 1 rings (SSSR count). The summed E-state index contributed by atoms with van der Waals surface area (Å²) in [5.41, 5.74) is -2.37. The summed E-state index contributed by atoms with van der Waals surface area (Å²) in [7, 11) is 0. The highest BCUT2D eigenvalue weighted by molar-refractivity contribution is 5.80. The second-order valence-corrected chi connectivity index (χ2v) is 5.55. The molecule has 0 spiro atoms. The Morgan fingerprint density at radius 1 is 1.50 bits per heavy atom. The van der Waals surface area contributed by atoms with Crippen LogP contribution in [0.25, 0.3) is 0 Å². The maximum Gasteiger partial charge on any atom is 0.410 e. The quantitative estimate of drug-likeness (QED) is 0.783. The van der Waals surface area contributed by atoms with Crippen LogP contribution in [-0.4, -0.2) is 40.8 Å². The van der Waals surface area contributed by atoms with E-state index in [1.54, 1.807) is 20.8 Å². The zero-order valence-electron chi connectivity index (χ0n) is 11.0. The van der Waals surface area contributed by atoms with Crippen molar-refractivity contribution in [1.29, 1.82) is 0 Å². The lowest BCUT2D eigenvalue weighted by molar-refractivity contribution is -0.147. The first kappa shape index (κ1) is 14.5. The van der Waals surface area contributed by atoms with E-state index in [9.17, 15) is 14.0 Å². The van der Waals surface area contributed by atoms with Crippen LogP contribution in [-0.2, 0) is 9.53 Å². The summed E-state index contributed by atoms with van der Waals surface area (Å²) in [5, 5.41) is 9.04. The predicted molar refractivity (Wildman–Crippen MR) is 62.7 cm³/mol. The van der Waals surface area contributed by atoms with Crippen molar-refractivity contribution in [2.75, 3.05) is 13.1 Å². The third-order valence-corrected chi connectivity index (χ3v) is 2.65. The van der Waals surface area contributed by atoms with Crippen LogP contribution in [0.1, 0.15) is 27.7 Å². The average Bonchev–Trinajstić information content (AvgIpc) is 2.19. The van der Waals surface area contributed by atoms with Crippen molar-refractivity contribution in [2.45, 2.75) is 33.3 Å². The SMILES string of the molecule is CC(C)(C)OC(=O)N1CC=C(F)[C@](C)(C(=O)O)C1. The second-order valence-electron chi connectivity index (χ2n) is 5.55. The molecule has 5 nitrogen and oxygen atoms in total. The van der Waals surface area contributed by atoms with E-state index in [-0.39, 0.29) is 13.1 Å². The predicted octanol–water partition coefficient (Wildman–Crippen LogP) is 2.18. The van der Waals surface area contributed by atoms with Gasteiger partial charge >= 0.3 is 12.1 Å². The van der Waals surface area contributed by atoms with Gasteiger partial charge in [0.2, 0.25) is 0 Å². The molecule has 1 amide bonds. The van der Waals surface area contributed by atoms with Crippen LogP contribution in [0.15, 0.2) is 11.9 Å². The second kappa shape index (κ2) is 4.59. The van der Waals surface area contributed by atoms with E-state index in [1.165, 1.54) is 11.8 Å². The van der Waals surface area contributed by atoms with E-state index in [0.717, 1.165) is 6.08 Å². The van der Waals surface area contributed by atoms with Crippen LogP contribution < -0.4 is 0 Å². The number of carbonyl (C=O) groups is 2. The van der Waals surface area contributed by atoms with Gasteiger partial charge in [0.1, 0.15) is 16.8 Å². The van der Waals surface area contributed by atoms with Gasteiger partial charge in [0.05, 0.1) is 0 Å². The summed E-state index contributed by atoms with van der Waals surface area (Å²) in [6.07, 6.45) is 0.459. The summed E-state index contributed by atoms with van der Waals surface area (Å²) in [6, 6.07) is 0. The number of carboxylic acids is 1. The van der Waals surface area contributed by atoms with Crippen LogP contribution in [0, 0.1) is 5.41 Å². The molecule has 0 aromatic rings. The molecular weight excluding hydrogens is 241 g/mol. The van der Waals surface area contributed by atoms with Crippen molar-refractivity contribution < 1.29 is 23.8 Å². The molecule has 0 radical (unpaired) electrons. The molecule has 0 unspecified atom stereocenters. The summed E-state index contributed by atoms with van der Waals surface area (Å²) in [5.74, 6) is -2.03. The van der Waals surface area contributed by atoms with E-state index < -0.39 is 28.9 Å². The molecule has 102 valence electrons. The molecule has 0 fully saturated rings. The molecule has 0 saturated heterocycles. The standard InChI is InChI=1S/C12H18FNO4/c1-11(2,3)18-10(17)14-6-5-8(13)12(4,7-14)9(15)16/h5H,6-7H2,1-4H3,(H,15,16)/t12-/m1/s1. The van der Waals surface area contributed by atoms with Crippen molar-refractivity contribution in [3.05, 3.63) is 11.9 Å². The zero-order chi connectivity index (χ0) is 14.1. The Balaban J connectivity index is 2.85. The summed E-state index contributed by atoms with van der Waals surface area (Å²) in [4.78, 5) is 24.1. The van der Waals surface area contributed by atoms with Crippen LogP contribution >= 0.6 is 0 Å². The third kappa shape index (κ3) is 3.00. The van der Waals surface area contributed by atoms with E-state index >= 15 is 0 Å². The average molecular weight is 259 g/mol. The number of carbonyl (C=O) groups excluding carboxylic acids is 1. The highest BCUT2D eigenvalue weighted by Gasteiger charge is 2.44. The van der Waals surface area contributed by atoms with Crippen LogP contribution in [0.5, 0.6) is 0 Å². The minimum Gasteiger partial charge on any atom is -0.480 e. The number of rotatable bonds is 1. The normalized spacial score (nSPS) is 24.5. The first-order valence-corrected chi connectivity index (χ1v) is 5.64. The molecule has 1 N–H and O–H groups in total. The number of carboxylic acid groups (broad SMARTS) is 1.